The summed E-state index contributed by atoms with van der Waals surface area (Å²) in [6.07, 6.45) is 3.30. The molecule has 0 bridgehead atoms. The summed E-state index contributed by atoms with van der Waals surface area (Å²) in [5.74, 6) is 0.819. The van der Waals surface area contributed by atoms with Crippen LogP contribution in [0, 0.1) is 4.64 Å². The Kier molecular flexibility index (Phi) is 5.13. The number of nitrogen functional groups attached to an aromatic ring is 1. The zero-order valence-corrected chi connectivity index (χ0v) is 13.9. The lowest BCUT2D eigenvalue weighted by molar-refractivity contribution is 0.373. The Morgan fingerprint density at radius 2 is 1.87 bits per heavy atom. The van der Waals surface area contributed by atoms with Gasteiger partial charge in [-0.3, -0.25) is 9.98 Å². The number of rotatable bonds is 4. The average Bonchev–Trinajstić information content (AvgIpc) is 2.52. The number of hydrogen-bond acceptors (Lipinski definition) is 6. The molecule has 1 aromatic carbocycles. The van der Waals surface area contributed by atoms with E-state index in [0.717, 1.165) is 11.1 Å². The van der Waals surface area contributed by atoms with Gasteiger partial charge in [0.15, 0.2) is 11.5 Å². The number of H-pyrrole nitrogens is 1. The van der Waals surface area contributed by atoms with Crippen LogP contribution in [0.1, 0.15) is 11.1 Å². The molecule has 0 saturated heterocycles. The normalized spacial score (nSPS) is 11.4. The zero-order chi connectivity index (χ0) is 17.0. The highest BCUT2D eigenvalue weighted by molar-refractivity contribution is 7.71. The number of anilines is 1. The highest BCUT2D eigenvalue weighted by Gasteiger charge is 2.16. The van der Waals surface area contributed by atoms with Crippen LogP contribution in [0.2, 0.25) is 0 Å². The number of aromatic amines is 1. The molecule has 0 amide bonds. The number of nitrogens with zero attached hydrogens (tertiary/aromatic N) is 2. The molecule has 0 aliphatic carbocycles. The van der Waals surface area contributed by atoms with Crippen molar-refractivity contribution in [1.29, 1.82) is 0 Å². The smallest absolute Gasteiger partial charge is 0.160 e. The minimum Gasteiger partial charge on any atom is -0.504 e. The fourth-order valence-electron chi connectivity index (χ4n) is 2.32. The van der Waals surface area contributed by atoms with Gasteiger partial charge in [-0.25, -0.2) is 0 Å². The first kappa shape index (κ1) is 16.7. The molecule has 4 N–H and O–H groups in total. The van der Waals surface area contributed by atoms with Crippen LogP contribution in [0.4, 0.5) is 5.82 Å². The number of phenolic OH excluding ortho intramolecular Hbond substituents is 1. The molecule has 2 rings (SSSR count). The number of nitrogens with two attached hydrogens (primary N) is 1. The Morgan fingerprint density at radius 3 is 2.43 bits per heavy atom. The lowest BCUT2D eigenvalue weighted by atomic mass is 9.96. The lowest BCUT2D eigenvalue weighted by Gasteiger charge is -2.14. The SMILES string of the molecule is CN=Cc1c(N)[nH]c(=S)c(C=NC)c1-c1ccc(OC)c(O)c1. The summed E-state index contributed by atoms with van der Waals surface area (Å²) in [5.41, 5.74) is 8.93. The predicted octanol–water partition coefficient (Wildman–Crippen LogP) is 2.80. The minimum atomic E-state index is 0.0288. The molecule has 23 heavy (non-hydrogen) atoms. The van der Waals surface area contributed by atoms with Gasteiger partial charge in [0.2, 0.25) is 0 Å². The van der Waals surface area contributed by atoms with Crippen LogP contribution < -0.4 is 10.5 Å². The molecular formula is C16H18N4O2S. The number of aliphatic imine (C=N–C) groups is 2. The van der Waals surface area contributed by atoms with Crippen LogP contribution in [-0.4, -0.2) is 43.7 Å². The van der Waals surface area contributed by atoms with Crippen LogP contribution in [0.5, 0.6) is 11.5 Å². The second kappa shape index (κ2) is 7.06. The Hall–Kier alpha value is -2.67. The monoisotopic (exact) mass is 330 g/mol. The predicted molar refractivity (Wildman–Crippen MR) is 96.7 cm³/mol. The molecule has 0 aliphatic heterocycles. The zero-order valence-electron chi connectivity index (χ0n) is 13.1. The summed E-state index contributed by atoms with van der Waals surface area (Å²) in [7, 11) is 4.81. The van der Waals surface area contributed by atoms with E-state index in [0.29, 0.717) is 27.3 Å². The molecule has 0 radical (unpaired) electrons. The number of benzene rings is 1. The van der Waals surface area contributed by atoms with E-state index in [4.69, 9.17) is 22.7 Å². The summed E-state index contributed by atoms with van der Waals surface area (Å²) in [4.78, 5) is 11.1. The fourth-order valence-corrected chi connectivity index (χ4v) is 2.59. The molecule has 0 spiro atoms. The molecule has 1 aromatic heterocycles. The molecular weight excluding hydrogens is 312 g/mol. The van der Waals surface area contributed by atoms with Crippen molar-refractivity contribution in [2.24, 2.45) is 9.98 Å². The van der Waals surface area contributed by atoms with E-state index >= 15 is 0 Å². The van der Waals surface area contributed by atoms with Crippen LogP contribution >= 0.6 is 12.2 Å². The summed E-state index contributed by atoms with van der Waals surface area (Å²) >= 11 is 5.36. The maximum atomic E-state index is 10.1. The first-order valence-corrected chi connectivity index (χ1v) is 7.21. The number of nitrogens with one attached hydrogen (secondary N) is 1. The van der Waals surface area contributed by atoms with Gasteiger partial charge in [-0.1, -0.05) is 18.3 Å². The Bertz CT molecular complexity index is 841. The van der Waals surface area contributed by atoms with Crippen molar-refractivity contribution < 1.29 is 9.84 Å². The minimum absolute atomic E-state index is 0.0288. The quantitative estimate of drug-likeness (QED) is 0.593. The number of methoxy groups -OCH3 is 1. The summed E-state index contributed by atoms with van der Waals surface area (Å²) in [6, 6.07) is 5.10. The van der Waals surface area contributed by atoms with E-state index in [1.165, 1.54) is 7.11 Å². The number of hydrogen-bond donors (Lipinski definition) is 3. The molecule has 0 aliphatic rings. The van der Waals surface area contributed by atoms with Gasteiger partial charge in [0, 0.05) is 43.2 Å². The van der Waals surface area contributed by atoms with Gasteiger partial charge in [-0.15, -0.1) is 0 Å². The highest BCUT2D eigenvalue weighted by atomic mass is 32.1. The van der Waals surface area contributed by atoms with Crippen molar-refractivity contribution in [1.82, 2.24) is 4.98 Å². The number of aromatic nitrogens is 1. The van der Waals surface area contributed by atoms with E-state index < -0.39 is 0 Å². The van der Waals surface area contributed by atoms with E-state index in [-0.39, 0.29) is 5.75 Å². The molecule has 7 heteroatoms. The van der Waals surface area contributed by atoms with Gasteiger partial charge in [0.05, 0.1) is 7.11 Å². The van der Waals surface area contributed by atoms with Gasteiger partial charge >= 0.3 is 0 Å². The standard InChI is InChI=1S/C16H18N4O2S/c1-18-7-10-14(9-4-5-13(22-3)12(21)6-9)11(8-19-2)16(23)20-15(10)17/h4-8,21H,1-3H3,(H3,17,20,23). The maximum absolute atomic E-state index is 10.1. The largest absolute Gasteiger partial charge is 0.504 e. The Balaban J connectivity index is 2.87. The van der Waals surface area contributed by atoms with Crippen molar-refractivity contribution in [2.45, 2.75) is 0 Å². The molecule has 6 nitrogen and oxygen atoms in total. The average molecular weight is 330 g/mol. The van der Waals surface area contributed by atoms with Gasteiger partial charge in [-0.2, -0.15) is 0 Å². The first-order valence-electron chi connectivity index (χ1n) is 6.80. The van der Waals surface area contributed by atoms with Crippen molar-refractivity contribution in [3.05, 3.63) is 34.0 Å². The van der Waals surface area contributed by atoms with Gasteiger partial charge in [-0.05, 0) is 17.7 Å². The summed E-state index contributed by atoms with van der Waals surface area (Å²) in [6.45, 7) is 0. The van der Waals surface area contributed by atoms with Gasteiger partial charge < -0.3 is 20.6 Å². The van der Waals surface area contributed by atoms with E-state index in [1.54, 1.807) is 38.7 Å². The summed E-state index contributed by atoms with van der Waals surface area (Å²) < 4.78 is 5.55. The third-order valence-electron chi connectivity index (χ3n) is 3.31. The van der Waals surface area contributed by atoms with Crippen LogP contribution in [-0.2, 0) is 0 Å². The number of pyridine rings is 1. The topological polar surface area (TPSA) is 96.0 Å². The van der Waals surface area contributed by atoms with Crippen molar-refractivity contribution in [3.8, 4) is 22.6 Å². The second-order valence-corrected chi connectivity index (χ2v) is 5.14. The first-order chi connectivity index (χ1) is 11.0. The van der Waals surface area contributed by atoms with Gasteiger partial charge in [0.1, 0.15) is 10.5 Å². The molecule has 0 unspecified atom stereocenters. The number of ether oxygens (including phenoxy) is 1. The third kappa shape index (κ3) is 3.24. The van der Waals surface area contributed by atoms with Crippen molar-refractivity contribution in [2.75, 3.05) is 26.9 Å². The van der Waals surface area contributed by atoms with Gasteiger partial charge in [0.25, 0.3) is 0 Å². The van der Waals surface area contributed by atoms with Crippen molar-refractivity contribution >= 4 is 30.5 Å². The lowest BCUT2D eigenvalue weighted by Crippen LogP contribution is -2.05. The van der Waals surface area contributed by atoms with E-state index in [2.05, 4.69) is 15.0 Å². The van der Waals surface area contributed by atoms with Crippen molar-refractivity contribution in [3.63, 3.8) is 0 Å². The molecule has 0 atom stereocenters. The maximum Gasteiger partial charge on any atom is 0.160 e. The van der Waals surface area contributed by atoms with E-state index in [1.807, 2.05) is 6.07 Å². The highest BCUT2D eigenvalue weighted by Crippen LogP contribution is 2.35. The van der Waals surface area contributed by atoms with Crippen LogP contribution in [0.25, 0.3) is 11.1 Å². The number of phenols is 1. The van der Waals surface area contributed by atoms with E-state index in [9.17, 15) is 5.11 Å². The molecule has 120 valence electrons. The fraction of sp³-hybridized carbons (Fsp3) is 0.188. The second-order valence-electron chi connectivity index (χ2n) is 4.73. The number of aromatic hydroxyl groups is 1. The Labute approximate surface area is 139 Å². The summed E-state index contributed by atoms with van der Waals surface area (Å²) in [5, 5.41) is 10.1. The Morgan fingerprint density at radius 1 is 1.22 bits per heavy atom. The molecule has 0 saturated carbocycles. The van der Waals surface area contributed by atoms with Crippen LogP contribution in [0.3, 0.4) is 0 Å². The molecule has 1 heterocycles. The third-order valence-corrected chi connectivity index (χ3v) is 3.63. The van der Waals surface area contributed by atoms with Crippen LogP contribution in [0.15, 0.2) is 28.2 Å². The molecule has 0 fully saturated rings. The molecule has 2 aromatic rings.